The van der Waals surface area contributed by atoms with Crippen LogP contribution in [0.15, 0.2) is 41.5 Å². The SMILES string of the molecule is CC[Si](CC)(CC)O[C@H]1C[C@@]2(O)C(OC(=O)c3ccccc3)C3[C@@](C)(CC[C@H]4OC[C@@]34OC(C)=O)[C@@H]3O[C@H](CN4CCOCC4)O[C@@H]3C(=C1C)C2(C)C. The molecule has 0 radical (unpaired) electrons. The normalized spacial score (nSPS) is 39.5. The lowest BCUT2D eigenvalue weighted by atomic mass is 9.45. The molecule has 1 N–H and O–H groups in total. The summed E-state index contributed by atoms with van der Waals surface area (Å²) < 4.78 is 46.7. The molecule has 3 saturated heterocycles. The van der Waals surface area contributed by atoms with Gasteiger partial charge in [0.1, 0.15) is 23.9 Å². The molecule has 6 aliphatic rings. The van der Waals surface area contributed by atoms with Crippen molar-refractivity contribution in [3.8, 4) is 0 Å². The van der Waals surface area contributed by atoms with Gasteiger partial charge >= 0.3 is 11.9 Å². The molecule has 11 nitrogen and oxygen atoms in total. The number of ether oxygens (including phenoxy) is 6. The molecular weight excluding hydrogens is 695 g/mol. The predicted molar refractivity (Wildman–Crippen MR) is 200 cm³/mol. The van der Waals surface area contributed by atoms with Gasteiger partial charge in [-0.1, -0.05) is 59.7 Å². The minimum atomic E-state index is -2.22. The third kappa shape index (κ3) is 6.27. The van der Waals surface area contributed by atoms with Gasteiger partial charge in [0, 0.05) is 43.8 Å². The molecule has 5 fully saturated rings. The van der Waals surface area contributed by atoms with Gasteiger partial charge < -0.3 is 38.0 Å². The molecule has 2 bridgehead atoms. The topological polar surface area (TPSA) is 122 Å². The highest BCUT2D eigenvalue weighted by atomic mass is 28.4. The number of hydrogen-bond donors (Lipinski definition) is 1. The monoisotopic (exact) mass is 755 g/mol. The second kappa shape index (κ2) is 14.4. The Morgan fingerprint density at radius 1 is 1.02 bits per heavy atom. The average Bonchev–Trinajstić information content (AvgIpc) is 3.54. The number of hydrogen-bond acceptors (Lipinski definition) is 11. The molecule has 3 aliphatic heterocycles. The Kier molecular flexibility index (Phi) is 10.6. The molecule has 1 aromatic rings. The highest BCUT2D eigenvalue weighted by Gasteiger charge is 2.77. The number of fused-ring (bicyclic) bond motifs is 8. The summed E-state index contributed by atoms with van der Waals surface area (Å²) in [4.78, 5) is 29.8. The van der Waals surface area contributed by atoms with Crippen LogP contribution < -0.4 is 0 Å². The van der Waals surface area contributed by atoms with Crippen LogP contribution in [-0.2, 0) is 37.6 Å². The molecule has 7 rings (SSSR count). The molecule has 53 heavy (non-hydrogen) atoms. The van der Waals surface area contributed by atoms with E-state index in [4.69, 9.17) is 32.8 Å². The van der Waals surface area contributed by atoms with Crippen molar-refractivity contribution in [2.24, 2.45) is 16.7 Å². The van der Waals surface area contributed by atoms with Gasteiger partial charge in [-0.25, -0.2) is 4.79 Å². The first kappa shape index (κ1) is 39.1. The van der Waals surface area contributed by atoms with Gasteiger partial charge in [0.15, 0.2) is 20.2 Å². The Morgan fingerprint density at radius 3 is 2.30 bits per heavy atom. The van der Waals surface area contributed by atoms with E-state index < -0.39 is 85.0 Å². The zero-order chi connectivity index (χ0) is 38.0. The second-order valence-electron chi connectivity index (χ2n) is 17.2. The average molecular weight is 756 g/mol. The molecule has 294 valence electrons. The highest BCUT2D eigenvalue weighted by Crippen LogP contribution is 2.67. The predicted octanol–water partition coefficient (Wildman–Crippen LogP) is 5.65. The Hall–Kier alpha value is -2.16. The van der Waals surface area contributed by atoms with Crippen molar-refractivity contribution in [1.29, 1.82) is 0 Å². The number of nitrogens with zero attached hydrogens (tertiary/aromatic N) is 1. The lowest BCUT2D eigenvalue weighted by molar-refractivity contribution is -0.345. The van der Waals surface area contributed by atoms with Crippen LogP contribution in [0, 0.1) is 16.7 Å². The molecule has 2 saturated carbocycles. The van der Waals surface area contributed by atoms with E-state index in [1.54, 1.807) is 24.3 Å². The fourth-order valence-electron chi connectivity index (χ4n) is 11.1. The van der Waals surface area contributed by atoms with Crippen molar-refractivity contribution in [2.75, 3.05) is 39.5 Å². The summed E-state index contributed by atoms with van der Waals surface area (Å²) in [6.07, 6.45) is -2.13. The summed E-state index contributed by atoms with van der Waals surface area (Å²) in [7, 11) is -2.22. The van der Waals surface area contributed by atoms with Gasteiger partial charge in [0.25, 0.3) is 0 Å². The third-order valence-corrected chi connectivity index (χ3v) is 19.0. The quantitative estimate of drug-likeness (QED) is 0.181. The van der Waals surface area contributed by atoms with Crippen molar-refractivity contribution in [2.45, 2.75) is 141 Å². The largest absolute Gasteiger partial charge is 0.455 e. The number of esters is 2. The lowest BCUT2D eigenvalue weighted by Crippen LogP contribution is -2.79. The Morgan fingerprint density at radius 2 is 1.70 bits per heavy atom. The molecule has 0 aromatic heterocycles. The van der Waals surface area contributed by atoms with E-state index in [0.717, 1.165) is 42.4 Å². The van der Waals surface area contributed by atoms with Crippen molar-refractivity contribution < 1.29 is 47.5 Å². The Balaban J connectivity index is 1.45. The van der Waals surface area contributed by atoms with Gasteiger partial charge in [-0.15, -0.1) is 0 Å². The maximum Gasteiger partial charge on any atom is 0.338 e. The first-order valence-electron chi connectivity index (χ1n) is 20.0. The first-order chi connectivity index (χ1) is 25.2. The van der Waals surface area contributed by atoms with Crippen LogP contribution in [0.4, 0.5) is 0 Å². The molecule has 1 aromatic carbocycles. The maximum absolute atomic E-state index is 14.4. The van der Waals surface area contributed by atoms with E-state index in [2.05, 4.69) is 39.5 Å². The summed E-state index contributed by atoms with van der Waals surface area (Å²) in [6.45, 7) is 20.0. The van der Waals surface area contributed by atoms with E-state index in [0.29, 0.717) is 38.2 Å². The number of rotatable bonds is 10. The van der Waals surface area contributed by atoms with Crippen LogP contribution in [0.5, 0.6) is 0 Å². The van der Waals surface area contributed by atoms with Crippen LogP contribution in [0.3, 0.4) is 0 Å². The third-order valence-electron chi connectivity index (χ3n) is 14.4. The number of carbonyl (C=O) groups excluding carboxylic acids is 2. The van der Waals surface area contributed by atoms with E-state index in [1.807, 2.05) is 19.9 Å². The van der Waals surface area contributed by atoms with Crippen molar-refractivity contribution in [3.63, 3.8) is 0 Å². The van der Waals surface area contributed by atoms with E-state index >= 15 is 0 Å². The molecule has 12 heteroatoms. The maximum atomic E-state index is 14.4. The van der Waals surface area contributed by atoms with E-state index in [9.17, 15) is 14.7 Å². The van der Waals surface area contributed by atoms with Crippen LogP contribution in [-0.4, -0.2) is 118 Å². The number of morpholine rings is 1. The van der Waals surface area contributed by atoms with Gasteiger partial charge in [0.2, 0.25) is 0 Å². The zero-order valence-corrected chi connectivity index (χ0v) is 34.0. The number of aliphatic hydroxyl groups is 1. The highest BCUT2D eigenvalue weighted by molar-refractivity contribution is 6.73. The van der Waals surface area contributed by atoms with Crippen molar-refractivity contribution in [3.05, 3.63) is 47.0 Å². The molecular formula is C41H61NO10Si. The molecule has 3 aliphatic carbocycles. The van der Waals surface area contributed by atoms with Crippen LogP contribution in [0.25, 0.3) is 0 Å². The first-order valence-corrected chi connectivity index (χ1v) is 22.5. The zero-order valence-electron chi connectivity index (χ0n) is 33.0. The summed E-state index contributed by atoms with van der Waals surface area (Å²) in [5, 5.41) is 13.9. The van der Waals surface area contributed by atoms with Crippen LogP contribution in [0.2, 0.25) is 18.1 Å². The summed E-state index contributed by atoms with van der Waals surface area (Å²) in [5.41, 5.74) is -2.20. The van der Waals surface area contributed by atoms with Gasteiger partial charge in [0.05, 0.1) is 43.5 Å². The van der Waals surface area contributed by atoms with Crippen molar-refractivity contribution in [1.82, 2.24) is 4.90 Å². The van der Waals surface area contributed by atoms with E-state index in [1.165, 1.54) is 6.92 Å². The molecule has 0 amide bonds. The summed E-state index contributed by atoms with van der Waals surface area (Å²) in [6, 6.07) is 11.7. The van der Waals surface area contributed by atoms with Crippen molar-refractivity contribution >= 4 is 20.3 Å². The van der Waals surface area contributed by atoms with Gasteiger partial charge in [-0.05, 0) is 61.2 Å². The molecule has 3 heterocycles. The molecule has 0 spiro atoms. The molecule has 10 atom stereocenters. The minimum Gasteiger partial charge on any atom is -0.455 e. The van der Waals surface area contributed by atoms with E-state index in [-0.39, 0.29) is 13.0 Å². The number of carbonyl (C=O) groups is 2. The second-order valence-corrected chi connectivity index (χ2v) is 21.9. The van der Waals surface area contributed by atoms with Crippen LogP contribution >= 0.6 is 0 Å². The van der Waals surface area contributed by atoms with Gasteiger partial charge in [-0.3, -0.25) is 9.69 Å². The number of benzene rings is 1. The Labute approximate surface area is 316 Å². The smallest absolute Gasteiger partial charge is 0.338 e. The molecule has 2 unspecified atom stereocenters. The Bertz CT molecular complexity index is 1550. The van der Waals surface area contributed by atoms with Gasteiger partial charge in [-0.2, -0.15) is 0 Å². The fraction of sp³-hybridized carbons (Fsp3) is 0.756. The van der Waals surface area contributed by atoms with Crippen LogP contribution in [0.1, 0.15) is 85.0 Å². The lowest BCUT2D eigenvalue weighted by Gasteiger charge is -2.68. The summed E-state index contributed by atoms with van der Waals surface area (Å²) >= 11 is 0. The minimum absolute atomic E-state index is 0.127. The fourth-order valence-corrected chi connectivity index (χ4v) is 13.9. The standard InChI is InChI=1S/C41H61NO10Si/c1-9-53(10-2,11-3)52-29-23-41(45)36(50-37(44)28-15-13-12-14-16-28)34-39(8,18-17-30-40(34,25-47-30)51-27(5)43)35-33(32(26(29)4)38(41,6)7)48-31(49-35)24-42-19-21-46-22-20-42/h12-16,29-31,33-36,45H,9-11,17-25H2,1-8H3/t29-,30+,31+,33+,34?,35+,36?,39+,40-,41+/m0/s1. The summed E-state index contributed by atoms with van der Waals surface area (Å²) in [5.74, 6) is -1.69.